The SMILES string of the molecule is O=c1[nH]nc(Cc2ccccc2)n1C1CC1. The van der Waals surface area contributed by atoms with Crippen LogP contribution in [0.3, 0.4) is 0 Å². The second kappa shape index (κ2) is 3.63. The molecule has 1 aromatic carbocycles. The van der Waals surface area contributed by atoms with E-state index >= 15 is 0 Å². The Labute approximate surface area is 92.9 Å². The maximum Gasteiger partial charge on any atom is 0.343 e. The fourth-order valence-electron chi connectivity index (χ4n) is 1.95. The summed E-state index contributed by atoms with van der Waals surface area (Å²) in [5, 5.41) is 6.63. The van der Waals surface area contributed by atoms with Gasteiger partial charge in [-0.05, 0) is 18.4 Å². The number of H-pyrrole nitrogens is 1. The first-order valence-electron chi connectivity index (χ1n) is 5.54. The van der Waals surface area contributed by atoms with E-state index < -0.39 is 0 Å². The Morgan fingerprint density at radius 1 is 1.31 bits per heavy atom. The molecular formula is C12H13N3O. The van der Waals surface area contributed by atoms with Gasteiger partial charge in [-0.1, -0.05) is 30.3 Å². The summed E-state index contributed by atoms with van der Waals surface area (Å²) < 4.78 is 1.80. The van der Waals surface area contributed by atoms with Crippen molar-refractivity contribution in [3.8, 4) is 0 Å². The van der Waals surface area contributed by atoms with Gasteiger partial charge in [0.2, 0.25) is 0 Å². The van der Waals surface area contributed by atoms with Crippen LogP contribution in [0, 0.1) is 0 Å². The Morgan fingerprint density at radius 3 is 2.75 bits per heavy atom. The van der Waals surface area contributed by atoms with Crippen molar-refractivity contribution in [1.29, 1.82) is 0 Å². The van der Waals surface area contributed by atoms with Gasteiger partial charge >= 0.3 is 5.69 Å². The van der Waals surface area contributed by atoms with Crippen molar-refractivity contribution < 1.29 is 0 Å². The maximum absolute atomic E-state index is 11.6. The minimum Gasteiger partial charge on any atom is -0.276 e. The summed E-state index contributed by atoms with van der Waals surface area (Å²) >= 11 is 0. The van der Waals surface area contributed by atoms with Crippen molar-refractivity contribution in [1.82, 2.24) is 14.8 Å². The quantitative estimate of drug-likeness (QED) is 0.843. The standard InChI is InChI=1S/C12H13N3O/c16-12-14-13-11(15(12)10-6-7-10)8-9-4-2-1-3-5-9/h1-5,10H,6-8H2,(H,14,16). The summed E-state index contributed by atoms with van der Waals surface area (Å²) in [7, 11) is 0. The summed E-state index contributed by atoms with van der Waals surface area (Å²) in [4.78, 5) is 11.6. The third-order valence-corrected chi connectivity index (χ3v) is 2.89. The molecule has 0 aliphatic heterocycles. The molecule has 1 saturated carbocycles. The smallest absolute Gasteiger partial charge is 0.276 e. The number of aromatic amines is 1. The van der Waals surface area contributed by atoms with Crippen LogP contribution in [0.1, 0.15) is 30.3 Å². The van der Waals surface area contributed by atoms with Gasteiger partial charge in [0.1, 0.15) is 5.82 Å². The van der Waals surface area contributed by atoms with E-state index in [4.69, 9.17) is 0 Å². The summed E-state index contributed by atoms with van der Waals surface area (Å²) in [5.41, 5.74) is 1.11. The molecule has 1 fully saturated rings. The van der Waals surface area contributed by atoms with E-state index in [9.17, 15) is 4.79 Å². The molecule has 16 heavy (non-hydrogen) atoms. The van der Waals surface area contributed by atoms with Crippen molar-refractivity contribution in [2.45, 2.75) is 25.3 Å². The molecule has 1 heterocycles. The van der Waals surface area contributed by atoms with E-state index in [1.807, 2.05) is 18.2 Å². The maximum atomic E-state index is 11.6. The molecule has 3 rings (SSSR count). The second-order valence-electron chi connectivity index (χ2n) is 4.21. The van der Waals surface area contributed by atoms with E-state index in [1.165, 1.54) is 5.56 Å². The van der Waals surface area contributed by atoms with Gasteiger partial charge in [-0.15, -0.1) is 0 Å². The molecule has 4 heteroatoms. The predicted molar refractivity (Wildman–Crippen MR) is 60.4 cm³/mol. The molecule has 0 unspecified atom stereocenters. The number of hydrogen-bond acceptors (Lipinski definition) is 2. The minimum absolute atomic E-state index is 0.0755. The zero-order chi connectivity index (χ0) is 11.0. The highest BCUT2D eigenvalue weighted by Crippen LogP contribution is 2.34. The fraction of sp³-hybridized carbons (Fsp3) is 0.333. The largest absolute Gasteiger partial charge is 0.343 e. The van der Waals surface area contributed by atoms with Crippen LogP contribution in [-0.2, 0) is 6.42 Å². The highest BCUT2D eigenvalue weighted by Gasteiger charge is 2.28. The van der Waals surface area contributed by atoms with Gasteiger partial charge < -0.3 is 0 Å². The fourth-order valence-corrected chi connectivity index (χ4v) is 1.95. The van der Waals surface area contributed by atoms with Gasteiger partial charge in [0.15, 0.2) is 0 Å². The summed E-state index contributed by atoms with van der Waals surface area (Å²) in [6.45, 7) is 0. The van der Waals surface area contributed by atoms with E-state index in [2.05, 4.69) is 22.3 Å². The first-order valence-corrected chi connectivity index (χ1v) is 5.54. The molecule has 0 spiro atoms. The summed E-state index contributed by atoms with van der Waals surface area (Å²) in [5.74, 6) is 0.846. The number of hydrogen-bond donors (Lipinski definition) is 1. The normalized spacial score (nSPS) is 15.2. The van der Waals surface area contributed by atoms with Gasteiger partial charge in [0.05, 0.1) is 0 Å². The Kier molecular flexibility index (Phi) is 2.13. The van der Waals surface area contributed by atoms with E-state index in [-0.39, 0.29) is 5.69 Å². The highest BCUT2D eigenvalue weighted by molar-refractivity contribution is 5.19. The third-order valence-electron chi connectivity index (χ3n) is 2.89. The number of nitrogens with zero attached hydrogens (tertiary/aromatic N) is 2. The Balaban J connectivity index is 1.93. The molecule has 1 aromatic heterocycles. The Bertz CT molecular complexity index is 537. The molecule has 0 saturated heterocycles. The lowest BCUT2D eigenvalue weighted by atomic mass is 10.1. The van der Waals surface area contributed by atoms with Gasteiger partial charge in [-0.2, -0.15) is 5.10 Å². The van der Waals surface area contributed by atoms with Crippen molar-refractivity contribution in [3.63, 3.8) is 0 Å². The third kappa shape index (κ3) is 1.66. The van der Waals surface area contributed by atoms with E-state index in [0.717, 1.165) is 25.1 Å². The van der Waals surface area contributed by atoms with Gasteiger partial charge in [0, 0.05) is 12.5 Å². The molecule has 0 bridgehead atoms. The van der Waals surface area contributed by atoms with Gasteiger partial charge in [0.25, 0.3) is 0 Å². The molecular weight excluding hydrogens is 202 g/mol. The second-order valence-corrected chi connectivity index (χ2v) is 4.21. The highest BCUT2D eigenvalue weighted by atomic mass is 16.1. The van der Waals surface area contributed by atoms with E-state index in [0.29, 0.717) is 6.04 Å². The Hall–Kier alpha value is -1.84. The van der Waals surface area contributed by atoms with Crippen LogP contribution < -0.4 is 5.69 Å². The zero-order valence-corrected chi connectivity index (χ0v) is 8.89. The average Bonchev–Trinajstić information content (AvgIpc) is 3.07. The molecule has 82 valence electrons. The van der Waals surface area contributed by atoms with E-state index in [1.54, 1.807) is 4.57 Å². The van der Waals surface area contributed by atoms with Crippen LogP contribution >= 0.6 is 0 Å². The number of benzene rings is 1. The molecule has 0 atom stereocenters. The summed E-state index contributed by atoms with van der Waals surface area (Å²) in [6.07, 6.45) is 2.92. The molecule has 1 N–H and O–H groups in total. The van der Waals surface area contributed by atoms with Crippen LogP contribution in [0.15, 0.2) is 35.1 Å². The predicted octanol–water partition coefficient (Wildman–Crippen LogP) is 1.50. The van der Waals surface area contributed by atoms with Crippen LogP contribution in [0.2, 0.25) is 0 Å². The lowest BCUT2D eigenvalue weighted by Gasteiger charge is -2.03. The molecule has 0 radical (unpaired) electrons. The minimum atomic E-state index is -0.0755. The van der Waals surface area contributed by atoms with Gasteiger partial charge in [-0.25, -0.2) is 9.89 Å². The zero-order valence-electron chi connectivity index (χ0n) is 8.89. The van der Waals surface area contributed by atoms with Crippen molar-refractivity contribution in [2.24, 2.45) is 0 Å². The van der Waals surface area contributed by atoms with Crippen molar-refractivity contribution >= 4 is 0 Å². The lowest BCUT2D eigenvalue weighted by Crippen LogP contribution is -2.17. The lowest BCUT2D eigenvalue weighted by molar-refractivity contribution is 0.672. The summed E-state index contributed by atoms with van der Waals surface area (Å²) in [6, 6.07) is 10.5. The number of aromatic nitrogens is 3. The molecule has 4 nitrogen and oxygen atoms in total. The number of nitrogens with one attached hydrogen (secondary N) is 1. The molecule has 1 aliphatic carbocycles. The van der Waals surface area contributed by atoms with Crippen molar-refractivity contribution in [3.05, 3.63) is 52.2 Å². The van der Waals surface area contributed by atoms with Crippen molar-refractivity contribution in [2.75, 3.05) is 0 Å². The molecule has 0 amide bonds. The van der Waals surface area contributed by atoms with Crippen LogP contribution in [-0.4, -0.2) is 14.8 Å². The topological polar surface area (TPSA) is 50.7 Å². The van der Waals surface area contributed by atoms with Crippen LogP contribution in [0.5, 0.6) is 0 Å². The molecule has 2 aromatic rings. The van der Waals surface area contributed by atoms with Crippen LogP contribution in [0.25, 0.3) is 0 Å². The first kappa shape index (κ1) is 9.39. The molecule has 1 aliphatic rings. The number of rotatable bonds is 3. The monoisotopic (exact) mass is 215 g/mol. The van der Waals surface area contributed by atoms with Crippen LogP contribution in [0.4, 0.5) is 0 Å². The van der Waals surface area contributed by atoms with Gasteiger partial charge in [-0.3, -0.25) is 4.57 Å². The average molecular weight is 215 g/mol. The first-order chi connectivity index (χ1) is 7.84. The Morgan fingerprint density at radius 2 is 2.06 bits per heavy atom.